The first-order chi connectivity index (χ1) is 9.22. The fraction of sp³-hybridized carbons (Fsp3) is 0.286. The molecule has 0 atom stereocenters. The maximum absolute atomic E-state index is 12.1. The number of thiazole rings is 1. The highest BCUT2D eigenvalue weighted by Gasteiger charge is 2.13. The summed E-state index contributed by atoms with van der Waals surface area (Å²) in [6, 6.07) is 5.88. The number of carbonyl (C=O) groups excluding carboxylic acids is 1. The van der Waals surface area contributed by atoms with Gasteiger partial charge in [-0.3, -0.25) is 4.79 Å². The van der Waals surface area contributed by atoms with Crippen LogP contribution in [0.1, 0.15) is 32.2 Å². The Bertz CT molecular complexity index is 630. The summed E-state index contributed by atoms with van der Waals surface area (Å²) in [5.41, 5.74) is 4.22. The Morgan fingerprint density at radius 3 is 2.81 bits per heavy atom. The standard InChI is InChI=1S/C14H15N3OS.2ClH/c1-9-8-19-13(17-9)7-16-14(18)10-2-3-11-5-15-6-12(11)4-10;;/h2-4,8,15H,5-7H2,1H3,(H,16,18);2*1H. The normalized spacial score (nSPS) is 12.0. The lowest BCUT2D eigenvalue weighted by Crippen LogP contribution is -2.22. The van der Waals surface area contributed by atoms with Crippen LogP contribution in [0.3, 0.4) is 0 Å². The molecule has 1 aliphatic rings. The van der Waals surface area contributed by atoms with Crippen molar-refractivity contribution in [2.75, 3.05) is 0 Å². The second-order valence-electron chi connectivity index (χ2n) is 4.65. The number of amides is 1. The number of nitrogens with zero attached hydrogens (tertiary/aromatic N) is 1. The number of benzene rings is 1. The van der Waals surface area contributed by atoms with E-state index in [4.69, 9.17) is 0 Å². The molecule has 1 aromatic heterocycles. The van der Waals surface area contributed by atoms with Gasteiger partial charge < -0.3 is 10.6 Å². The molecule has 21 heavy (non-hydrogen) atoms. The number of aromatic nitrogens is 1. The highest BCUT2D eigenvalue weighted by molar-refractivity contribution is 7.09. The van der Waals surface area contributed by atoms with Crippen molar-refractivity contribution < 1.29 is 4.79 Å². The summed E-state index contributed by atoms with van der Waals surface area (Å²) in [4.78, 5) is 16.4. The lowest BCUT2D eigenvalue weighted by Gasteiger charge is -2.05. The minimum atomic E-state index is -0.0393. The van der Waals surface area contributed by atoms with Crippen molar-refractivity contribution in [1.29, 1.82) is 0 Å². The van der Waals surface area contributed by atoms with Crippen molar-refractivity contribution >= 4 is 42.1 Å². The molecule has 0 fully saturated rings. The zero-order chi connectivity index (χ0) is 13.2. The first-order valence-corrected chi connectivity index (χ1v) is 7.12. The van der Waals surface area contributed by atoms with Crippen LogP contribution in [0.25, 0.3) is 0 Å². The third-order valence-corrected chi connectivity index (χ3v) is 4.13. The van der Waals surface area contributed by atoms with Crippen molar-refractivity contribution in [2.45, 2.75) is 26.6 Å². The number of aryl methyl sites for hydroxylation is 1. The van der Waals surface area contributed by atoms with E-state index >= 15 is 0 Å². The minimum Gasteiger partial charge on any atom is -0.346 e. The van der Waals surface area contributed by atoms with Gasteiger partial charge in [-0.1, -0.05) is 6.07 Å². The van der Waals surface area contributed by atoms with E-state index in [1.165, 1.54) is 11.1 Å². The quantitative estimate of drug-likeness (QED) is 0.899. The van der Waals surface area contributed by atoms with Crippen LogP contribution in [-0.2, 0) is 19.6 Å². The molecule has 0 radical (unpaired) electrons. The third kappa shape index (κ3) is 4.17. The number of carbonyl (C=O) groups is 1. The summed E-state index contributed by atoms with van der Waals surface area (Å²) in [5.74, 6) is -0.0393. The molecule has 3 rings (SSSR count). The predicted molar refractivity (Wildman–Crippen MR) is 89.5 cm³/mol. The molecule has 2 N–H and O–H groups in total. The molecule has 4 nitrogen and oxygen atoms in total. The van der Waals surface area contributed by atoms with Crippen molar-refractivity contribution in [3.05, 3.63) is 51.0 Å². The van der Waals surface area contributed by atoms with Crippen LogP contribution < -0.4 is 10.6 Å². The number of hydrogen-bond donors (Lipinski definition) is 2. The number of halogens is 2. The number of rotatable bonds is 3. The van der Waals surface area contributed by atoms with E-state index in [-0.39, 0.29) is 30.7 Å². The van der Waals surface area contributed by atoms with Gasteiger partial charge in [-0.2, -0.15) is 0 Å². The Morgan fingerprint density at radius 2 is 2.10 bits per heavy atom. The van der Waals surface area contributed by atoms with Crippen LogP contribution in [-0.4, -0.2) is 10.9 Å². The van der Waals surface area contributed by atoms with Crippen LogP contribution in [0.15, 0.2) is 23.6 Å². The van der Waals surface area contributed by atoms with Crippen molar-refractivity contribution in [1.82, 2.24) is 15.6 Å². The van der Waals surface area contributed by atoms with Gasteiger partial charge in [0.25, 0.3) is 5.91 Å². The van der Waals surface area contributed by atoms with E-state index in [1.54, 1.807) is 11.3 Å². The lowest BCUT2D eigenvalue weighted by molar-refractivity contribution is 0.0951. The highest BCUT2D eigenvalue weighted by atomic mass is 35.5. The smallest absolute Gasteiger partial charge is 0.251 e. The molecule has 1 aromatic carbocycles. The SMILES string of the molecule is Cc1csc(CNC(=O)c2ccc3c(c2)CNC3)n1.Cl.Cl. The maximum atomic E-state index is 12.1. The fourth-order valence-electron chi connectivity index (χ4n) is 2.18. The first kappa shape index (κ1) is 17.9. The Kier molecular flexibility index (Phi) is 6.61. The zero-order valence-electron chi connectivity index (χ0n) is 11.5. The Morgan fingerprint density at radius 1 is 1.33 bits per heavy atom. The second kappa shape index (κ2) is 7.75. The second-order valence-corrected chi connectivity index (χ2v) is 5.59. The highest BCUT2D eigenvalue weighted by Crippen LogP contribution is 2.17. The van der Waals surface area contributed by atoms with Gasteiger partial charge in [0.05, 0.1) is 6.54 Å². The van der Waals surface area contributed by atoms with Gasteiger partial charge in [-0.05, 0) is 30.2 Å². The van der Waals surface area contributed by atoms with Gasteiger partial charge in [0, 0.05) is 29.7 Å². The molecule has 0 saturated carbocycles. The molecular formula is C14H17Cl2N3OS. The summed E-state index contributed by atoms with van der Waals surface area (Å²) in [5, 5.41) is 9.11. The van der Waals surface area contributed by atoms with E-state index in [9.17, 15) is 4.79 Å². The molecular weight excluding hydrogens is 329 g/mol. The topological polar surface area (TPSA) is 54.0 Å². The van der Waals surface area contributed by atoms with E-state index in [0.29, 0.717) is 6.54 Å². The fourth-order valence-corrected chi connectivity index (χ4v) is 2.89. The molecule has 0 bridgehead atoms. The number of nitrogens with one attached hydrogen (secondary N) is 2. The van der Waals surface area contributed by atoms with Crippen LogP contribution in [0, 0.1) is 6.92 Å². The molecule has 2 aromatic rings. The number of hydrogen-bond acceptors (Lipinski definition) is 4. The molecule has 7 heteroatoms. The molecule has 114 valence electrons. The average Bonchev–Trinajstić information content (AvgIpc) is 3.03. The zero-order valence-corrected chi connectivity index (χ0v) is 14.0. The number of fused-ring (bicyclic) bond motifs is 1. The Hall–Kier alpha value is -1.14. The molecule has 2 heterocycles. The summed E-state index contributed by atoms with van der Waals surface area (Å²) in [6.07, 6.45) is 0. The molecule has 0 saturated heterocycles. The molecule has 0 aliphatic carbocycles. The van der Waals surface area contributed by atoms with Gasteiger partial charge >= 0.3 is 0 Å². The van der Waals surface area contributed by atoms with E-state index < -0.39 is 0 Å². The molecule has 1 aliphatic heterocycles. The maximum Gasteiger partial charge on any atom is 0.251 e. The van der Waals surface area contributed by atoms with Crippen molar-refractivity contribution in [2.24, 2.45) is 0 Å². The summed E-state index contributed by atoms with van der Waals surface area (Å²) >= 11 is 1.57. The lowest BCUT2D eigenvalue weighted by atomic mass is 10.1. The summed E-state index contributed by atoms with van der Waals surface area (Å²) in [7, 11) is 0. The Balaban J connectivity index is 0.00000110. The van der Waals surface area contributed by atoms with Gasteiger partial charge in [-0.25, -0.2) is 4.98 Å². The van der Waals surface area contributed by atoms with Gasteiger partial charge in [0.15, 0.2) is 0 Å². The summed E-state index contributed by atoms with van der Waals surface area (Å²) in [6.45, 7) is 4.19. The van der Waals surface area contributed by atoms with Crippen molar-refractivity contribution in [3.63, 3.8) is 0 Å². The van der Waals surface area contributed by atoms with Crippen LogP contribution >= 0.6 is 36.2 Å². The van der Waals surface area contributed by atoms with Gasteiger partial charge in [0.1, 0.15) is 5.01 Å². The molecule has 0 unspecified atom stereocenters. The molecule has 0 spiro atoms. The largest absolute Gasteiger partial charge is 0.346 e. The van der Waals surface area contributed by atoms with Crippen LogP contribution in [0.2, 0.25) is 0 Å². The Labute approximate surface area is 140 Å². The van der Waals surface area contributed by atoms with Crippen molar-refractivity contribution in [3.8, 4) is 0 Å². The minimum absolute atomic E-state index is 0. The van der Waals surface area contributed by atoms with E-state index in [0.717, 1.165) is 29.4 Å². The average molecular weight is 346 g/mol. The summed E-state index contributed by atoms with van der Waals surface area (Å²) < 4.78 is 0. The van der Waals surface area contributed by atoms with E-state index in [1.807, 2.05) is 30.5 Å². The predicted octanol–water partition coefficient (Wildman–Crippen LogP) is 2.83. The van der Waals surface area contributed by atoms with Gasteiger partial charge in [-0.15, -0.1) is 36.2 Å². The molecule has 1 amide bonds. The van der Waals surface area contributed by atoms with Crippen LogP contribution in [0.4, 0.5) is 0 Å². The van der Waals surface area contributed by atoms with Gasteiger partial charge in [0.2, 0.25) is 0 Å². The van der Waals surface area contributed by atoms with E-state index in [2.05, 4.69) is 15.6 Å². The van der Waals surface area contributed by atoms with Crippen LogP contribution in [0.5, 0.6) is 0 Å². The monoisotopic (exact) mass is 345 g/mol. The third-order valence-electron chi connectivity index (χ3n) is 3.17. The first-order valence-electron chi connectivity index (χ1n) is 6.24.